The highest BCUT2D eigenvalue weighted by molar-refractivity contribution is 6.20. The van der Waals surface area contributed by atoms with Crippen molar-refractivity contribution in [3.05, 3.63) is 132 Å². The predicted octanol–water partition coefficient (Wildman–Crippen LogP) is 9.30. The molecule has 0 unspecified atom stereocenters. The molecule has 160 valence electrons. The van der Waals surface area contributed by atoms with Crippen molar-refractivity contribution in [3.63, 3.8) is 0 Å². The zero-order valence-corrected chi connectivity index (χ0v) is 19.0. The molecule has 7 rings (SSSR count). The third kappa shape index (κ3) is 2.99. The fraction of sp³-hybridized carbons (Fsp3) is 0.0588. The minimum atomic E-state index is 1.07. The third-order valence-electron chi connectivity index (χ3n) is 7.34. The molecule has 34 heavy (non-hydrogen) atoms. The van der Waals surface area contributed by atoms with E-state index in [-0.39, 0.29) is 0 Å². The third-order valence-corrected chi connectivity index (χ3v) is 7.34. The molecule has 0 saturated carbocycles. The van der Waals surface area contributed by atoms with E-state index in [1.807, 2.05) is 0 Å². The molecule has 0 atom stereocenters. The Labute approximate surface area is 199 Å². The lowest BCUT2D eigenvalue weighted by molar-refractivity contribution is 1.00. The number of rotatable bonds is 2. The first-order valence-corrected chi connectivity index (χ1v) is 12.1. The molecule has 0 heterocycles. The Balaban J connectivity index is 1.57. The van der Waals surface area contributed by atoms with Crippen LogP contribution in [0.25, 0.3) is 55.1 Å². The second-order valence-electron chi connectivity index (χ2n) is 9.27. The van der Waals surface area contributed by atoms with Gasteiger partial charge in [-0.15, -0.1) is 0 Å². The van der Waals surface area contributed by atoms with E-state index in [0.29, 0.717) is 0 Å². The van der Waals surface area contributed by atoms with E-state index in [2.05, 4.69) is 121 Å². The van der Waals surface area contributed by atoms with Crippen LogP contribution in [-0.2, 0) is 6.42 Å². The fourth-order valence-electron chi connectivity index (χ4n) is 5.76. The maximum atomic E-state index is 2.42. The minimum absolute atomic E-state index is 1.07. The van der Waals surface area contributed by atoms with E-state index in [4.69, 9.17) is 0 Å². The summed E-state index contributed by atoms with van der Waals surface area (Å²) in [6.07, 6.45) is 4.58. The van der Waals surface area contributed by atoms with Gasteiger partial charge in [-0.25, -0.2) is 0 Å². The van der Waals surface area contributed by atoms with Crippen molar-refractivity contribution in [3.8, 4) is 11.1 Å². The zero-order chi connectivity index (χ0) is 22.5. The lowest BCUT2D eigenvalue weighted by atomic mass is 9.81. The van der Waals surface area contributed by atoms with Gasteiger partial charge in [0.05, 0.1) is 0 Å². The molecule has 0 heteroatoms. The highest BCUT2D eigenvalue weighted by Gasteiger charge is 2.20. The van der Waals surface area contributed by atoms with Crippen LogP contribution in [0.2, 0.25) is 0 Å². The lowest BCUT2D eigenvalue weighted by Gasteiger charge is -2.22. The van der Waals surface area contributed by atoms with Crippen molar-refractivity contribution in [1.29, 1.82) is 0 Å². The molecule has 6 aromatic carbocycles. The molecule has 0 amide bonds. The summed E-state index contributed by atoms with van der Waals surface area (Å²) in [6.45, 7) is 0. The van der Waals surface area contributed by atoms with Gasteiger partial charge in [0.2, 0.25) is 0 Å². The number of allylic oxidation sites excluding steroid dienone is 1. The van der Waals surface area contributed by atoms with Crippen LogP contribution in [0.1, 0.15) is 23.1 Å². The van der Waals surface area contributed by atoms with Crippen LogP contribution in [0.15, 0.2) is 115 Å². The van der Waals surface area contributed by atoms with Gasteiger partial charge in [-0.05, 0) is 84.6 Å². The van der Waals surface area contributed by atoms with Crippen LogP contribution < -0.4 is 0 Å². The van der Waals surface area contributed by atoms with Gasteiger partial charge in [-0.1, -0.05) is 115 Å². The summed E-state index contributed by atoms with van der Waals surface area (Å²) in [6, 6.07) is 42.3. The fourth-order valence-corrected chi connectivity index (χ4v) is 5.76. The Hall–Kier alpha value is -4.16. The largest absolute Gasteiger partial charge is 0.0620 e. The van der Waals surface area contributed by atoms with Crippen LogP contribution in [0.4, 0.5) is 0 Å². The molecular weight excluding hydrogens is 408 g/mol. The molecule has 1 aliphatic carbocycles. The van der Waals surface area contributed by atoms with Crippen molar-refractivity contribution in [2.75, 3.05) is 0 Å². The van der Waals surface area contributed by atoms with Crippen molar-refractivity contribution in [1.82, 2.24) is 0 Å². The monoisotopic (exact) mass is 432 g/mol. The Morgan fingerprint density at radius 2 is 1.03 bits per heavy atom. The lowest BCUT2D eigenvalue weighted by Crippen LogP contribution is -2.01. The number of fused-ring (bicyclic) bond motifs is 4. The maximum absolute atomic E-state index is 2.42. The van der Waals surface area contributed by atoms with E-state index < -0.39 is 0 Å². The molecule has 0 N–H and O–H groups in total. The highest BCUT2D eigenvalue weighted by Crippen LogP contribution is 2.44. The molecular formula is C34H24. The van der Waals surface area contributed by atoms with Gasteiger partial charge < -0.3 is 0 Å². The van der Waals surface area contributed by atoms with Crippen LogP contribution >= 0.6 is 0 Å². The Kier molecular flexibility index (Phi) is 4.38. The number of hydrogen-bond acceptors (Lipinski definition) is 0. The van der Waals surface area contributed by atoms with Crippen molar-refractivity contribution in [2.45, 2.75) is 12.8 Å². The van der Waals surface area contributed by atoms with Gasteiger partial charge in [-0.3, -0.25) is 0 Å². The summed E-state index contributed by atoms with van der Waals surface area (Å²) in [5, 5.41) is 7.90. The summed E-state index contributed by atoms with van der Waals surface area (Å²) < 4.78 is 0. The van der Waals surface area contributed by atoms with Crippen LogP contribution in [0.5, 0.6) is 0 Å². The Morgan fingerprint density at radius 3 is 1.76 bits per heavy atom. The topological polar surface area (TPSA) is 0 Å². The maximum Gasteiger partial charge on any atom is -0.00262 e. The number of hydrogen-bond donors (Lipinski definition) is 0. The van der Waals surface area contributed by atoms with Gasteiger partial charge >= 0.3 is 0 Å². The van der Waals surface area contributed by atoms with Crippen molar-refractivity contribution < 1.29 is 0 Å². The van der Waals surface area contributed by atoms with Gasteiger partial charge in [-0.2, -0.15) is 0 Å². The molecule has 0 spiro atoms. The van der Waals surface area contributed by atoms with Gasteiger partial charge in [0, 0.05) is 0 Å². The number of aryl methyl sites for hydroxylation is 1. The second-order valence-corrected chi connectivity index (χ2v) is 9.27. The molecule has 6 aromatic rings. The highest BCUT2D eigenvalue weighted by atomic mass is 14.2. The predicted molar refractivity (Wildman–Crippen MR) is 147 cm³/mol. The van der Waals surface area contributed by atoms with E-state index in [1.54, 1.807) is 0 Å². The molecule has 0 aliphatic heterocycles. The first kappa shape index (κ1) is 19.3. The van der Waals surface area contributed by atoms with Crippen molar-refractivity contribution >= 4 is 44.0 Å². The summed E-state index contributed by atoms with van der Waals surface area (Å²) >= 11 is 0. The van der Waals surface area contributed by atoms with Gasteiger partial charge in [0.1, 0.15) is 0 Å². The summed E-state index contributed by atoms with van der Waals surface area (Å²) in [5.74, 6) is 0. The average Bonchev–Trinajstić information content (AvgIpc) is 2.91. The van der Waals surface area contributed by atoms with Crippen molar-refractivity contribution in [2.24, 2.45) is 0 Å². The quantitative estimate of drug-likeness (QED) is 0.239. The molecule has 0 fully saturated rings. The molecule has 1 aliphatic rings. The van der Waals surface area contributed by atoms with Crippen LogP contribution in [0, 0.1) is 0 Å². The first-order chi connectivity index (χ1) is 16.9. The van der Waals surface area contributed by atoms with E-state index in [0.717, 1.165) is 12.8 Å². The zero-order valence-electron chi connectivity index (χ0n) is 19.0. The summed E-state index contributed by atoms with van der Waals surface area (Å²) in [7, 11) is 0. The molecule has 0 saturated heterocycles. The molecule has 0 radical (unpaired) electrons. The SMILES string of the molecule is C1=C(c2c3ccccc3c(-c3ccc4ccccc4c3)c3ccccc23)CCc2ccccc21. The molecule has 0 nitrogen and oxygen atoms in total. The normalized spacial score (nSPS) is 13.2. The van der Waals surface area contributed by atoms with Gasteiger partial charge in [0.15, 0.2) is 0 Å². The smallest absolute Gasteiger partial charge is 0.00262 e. The Morgan fingerprint density at radius 1 is 0.441 bits per heavy atom. The molecule has 0 aromatic heterocycles. The summed E-state index contributed by atoms with van der Waals surface area (Å²) in [4.78, 5) is 0. The van der Waals surface area contributed by atoms with E-state index in [9.17, 15) is 0 Å². The Bertz CT molecular complexity index is 1690. The number of benzene rings is 6. The van der Waals surface area contributed by atoms with Gasteiger partial charge in [0.25, 0.3) is 0 Å². The molecule has 0 bridgehead atoms. The second kappa shape index (κ2) is 7.71. The first-order valence-electron chi connectivity index (χ1n) is 12.1. The van der Waals surface area contributed by atoms with Crippen LogP contribution in [-0.4, -0.2) is 0 Å². The standard InChI is InChI=1S/C34H24/c1-3-11-25-21-27(19-17-23(25)9-1)33-29-13-5-7-15-31(29)34(32-16-8-6-14-30(32)33)28-20-18-24-10-2-4-12-26(24)22-28/h1-17,19,21-22H,18,20H2. The average molecular weight is 433 g/mol. The van der Waals surface area contributed by atoms with Crippen LogP contribution in [0.3, 0.4) is 0 Å². The van der Waals surface area contributed by atoms with E-state index >= 15 is 0 Å². The van der Waals surface area contributed by atoms with E-state index in [1.165, 1.54) is 65.7 Å². The minimum Gasteiger partial charge on any atom is -0.0620 e. The summed E-state index contributed by atoms with van der Waals surface area (Å²) in [5.41, 5.74) is 8.25.